The Morgan fingerprint density at radius 3 is 2.22 bits per heavy atom. The molecule has 94 valence electrons. The Morgan fingerprint density at radius 1 is 1.00 bits per heavy atom. The van der Waals surface area contributed by atoms with E-state index in [1.165, 1.54) is 0 Å². The van der Waals surface area contributed by atoms with Crippen LogP contribution in [0.3, 0.4) is 0 Å². The number of nitrogens with one attached hydrogen (secondary N) is 1. The largest absolute Gasteiger partial charge is 0.377 e. The summed E-state index contributed by atoms with van der Waals surface area (Å²) >= 11 is 13.3. The summed E-state index contributed by atoms with van der Waals surface area (Å²) in [5.74, 6) is 0. The van der Waals surface area contributed by atoms with E-state index >= 15 is 0 Å². The highest BCUT2D eigenvalue weighted by molar-refractivity contribution is 9.11. The van der Waals surface area contributed by atoms with Gasteiger partial charge in [-0.25, -0.2) is 0 Å². The minimum atomic E-state index is 0.133. The average Bonchev–Trinajstić information content (AvgIpc) is 2.34. The first-order valence-corrected chi connectivity index (χ1v) is 7.51. The molecule has 0 saturated heterocycles. The molecule has 0 aliphatic heterocycles. The van der Waals surface area contributed by atoms with E-state index in [-0.39, 0.29) is 6.04 Å². The van der Waals surface area contributed by atoms with Gasteiger partial charge in [0.15, 0.2) is 0 Å². The molecule has 2 aromatic rings. The third kappa shape index (κ3) is 3.08. The number of anilines is 1. The number of rotatable bonds is 3. The van der Waals surface area contributed by atoms with Crippen LogP contribution < -0.4 is 5.32 Å². The van der Waals surface area contributed by atoms with Crippen molar-refractivity contribution in [3.63, 3.8) is 0 Å². The van der Waals surface area contributed by atoms with Crippen molar-refractivity contribution in [1.29, 1.82) is 0 Å². The van der Waals surface area contributed by atoms with Crippen LogP contribution >= 0.6 is 43.5 Å². The molecule has 0 fully saturated rings. The van der Waals surface area contributed by atoms with Crippen molar-refractivity contribution in [2.45, 2.75) is 13.0 Å². The monoisotopic (exact) mass is 387 g/mol. The van der Waals surface area contributed by atoms with Crippen molar-refractivity contribution < 1.29 is 0 Å². The summed E-state index contributed by atoms with van der Waals surface area (Å²) in [5, 5.41) is 4.24. The highest BCUT2D eigenvalue weighted by Crippen LogP contribution is 2.34. The van der Waals surface area contributed by atoms with E-state index in [9.17, 15) is 0 Å². The van der Waals surface area contributed by atoms with Crippen LogP contribution in [0.1, 0.15) is 18.5 Å². The fraction of sp³-hybridized carbons (Fsp3) is 0.143. The Hall–Kier alpha value is -0.510. The van der Waals surface area contributed by atoms with Gasteiger partial charge < -0.3 is 5.32 Å². The third-order valence-electron chi connectivity index (χ3n) is 2.70. The quantitative estimate of drug-likeness (QED) is 0.675. The summed E-state index contributed by atoms with van der Waals surface area (Å²) in [6.07, 6.45) is 0. The van der Waals surface area contributed by atoms with E-state index in [0.717, 1.165) is 25.2 Å². The van der Waals surface area contributed by atoms with Gasteiger partial charge in [0.05, 0.1) is 11.7 Å². The van der Waals surface area contributed by atoms with Crippen LogP contribution in [0, 0.1) is 0 Å². The van der Waals surface area contributed by atoms with Gasteiger partial charge in [0, 0.05) is 14.0 Å². The molecular formula is C14H12Br2ClN. The number of para-hydroxylation sites is 1. The van der Waals surface area contributed by atoms with E-state index in [4.69, 9.17) is 11.6 Å². The summed E-state index contributed by atoms with van der Waals surface area (Å²) < 4.78 is 2.05. The predicted molar refractivity (Wildman–Crippen MR) is 85.3 cm³/mol. The van der Waals surface area contributed by atoms with Gasteiger partial charge in [0.1, 0.15) is 0 Å². The van der Waals surface area contributed by atoms with Crippen molar-refractivity contribution in [2.75, 3.05) is 5.32 Å². The Bertz CT molecular complexity index is 537. The first kappa shape index (κ1) is 13.9. The Balaban J connectivity index is 2.27. The minimum Gasteiger partial charge on any atom is -0.377 e. The maximum Gasteiger partial charge on any atom is 0.0633 e. The number of hydrogen-bond acceptors (Lipinski definition) is 1. The second-order valence-corrected chi connectivity index (χ2v) is 6.10. The van der Waals surface area contributed by atoms with Gasteiger partial charge in [-0.1, -0.05) is 35.9 Å². The van der Waals surface area contributed by atoms with Crippen LogP contribution in [0.4, 0.5) is 5.69 Å². The molecule has 1 N–H and O–H groups in total. The van der Waals surface area contributed by atoms with Crippen molar-refractivity contribution in [3.05, 3.63) is 62.0 Å². The molecule has 0 heterocycles. The lowest BCUT2D eigenvalue weighted by atomic mass is 10.1. The SMILES string of the molecule is CC(Nc1c(Br)cccc1Br)c1ccccc1Cl. The van der Waals surface area contributed by atoms with Gasteiger partial charge in [-0.05, 0) is 62.5 Å². The molecule has 0 spiro atoms. The molecular weight excluding hydrogens is 377 g/mol. The minimum absolute atomic E-state index is 0.133. The second kappa shape index (κ2) is 6.09. The smallest absolute Gasteiger partial charge is 0.0633 e. The average molecular weight is 390 g/mol. The maximum atomic E-state index is 6.20. The van der Waals surface area contributed by atoms with Crippen LogP contribution in [0.2, 0.25) is 5.02 Å². The summed E-state index contributed by atoms with van der Waals surface area (Å²) in [5.41, 5.74) is 2.12. The summed E-state index contributed by atoms with van der Waals surface area (Å²) in [6, 6.07) is 14.0. The first-order chi connectivity index (χ1) is 8.59. The lowest BCUT2D eigenvalue weighted by Crippen LogP contribution is -2.08. The number of hydrogen-bond donors (Lipinski definition) is 1. The summed E-state index contributed by atoms with van der Waals surface area (Å²) in [4.78, 5) is 0. The van der Waals surface area contributed by atoms with Gasteiger partial charge in [0.2, 0.25) is 0 Å². The zero-order valence-corrected chi connectivity index (χ0v) is 13.7. The summed E-state index contributed by atoms with van der Waals surface area (Å²) in [6.45, 7) is 2.09. The molecule has 18 heavy (non-hydrogen) atoms. The van der Waals surface area contributed by atoms with E-state index in [2.05, 4.69) is 44.1 Å². The lowest BCUT2D eigenvalue weighted by molar-refractivity contribution is 0.882. The third-order valence-corrected chi connectivity index (χ3v) is 4.36. The zero-order valence-electron chi connectivity index (χ0n) is 9.75. The summed E-state index contributed by atoms with van der Waals surface area (Å²) in [7, 11) is 0. The molecule has 0 saturated carbocycles. The van der Waals surface area contributed by atoms with Gasteiger partial charge in [-0.2, -0.15) is 0 Å². The van der Waals surface area contributed by atoms with Crippen LogP contribution in [-0.4, -0.2) is 0 Å². The van der Waals surface area contributed by atoms with Crippen LogP contribution in [-0.2, 0) is 0 Å². The van der Waals surface area contributed by atoms with Crippen molar-refractivity contribution >= 4 is 49.1 Å². The van der Waals surface area contributed by atoms with Gasteiger partial charge >= 0.3 is 0 Å². The molecule has 0 aliphatic rings. The molecule has 1 unspecified atom stereocenters. The van der Waals surface area contributed by atoms with Crippen LogP contribution in [0.15, 0.2) is 51.4 Å². The fourth-order valence-corrected chi connectivity index (χ4v) is 3.28. The van der Waals surface area contributed by atoms with Crippen LogP contribution in [0.5, 0.6) is 0 Å². The second-order valence-electron chi connectivity index (χ2n) is 3.98. The van der Waals surface area contributed by atoms with Gasteiger partial charge in [0.25, 0.3) is 0 Å². The number of benzene rings is 2. The topological polar surface area (TPSA) is 12.0 Å². The molecule has 0 bridgehead atoms. The first-order valence-electron chi connectivity index (χ1n) is 5.54. The highest BCUT2D eigenvalue weighted by Gasteiger charge is 2.12. The zero-order chi connectivity index (χ0) is 13.1. The molecule has 0 amide bonds. The standard InChI is InChI=1S/C14H12Br2ClN/c1-9(10-5-2-3-8-13(10)17)18-14-11(15)6-4-7-12(14)16/h2-9,18H,1H3. The lowest BCUT2D eigenvalue weighted by Gasteiger charge is -2.19. The molecule has 0 aliphatic carbocycles. The van der Waals surface area contributed by atoms with E-state index < -0.39 is 0 Å². The van der Waals surface area contributed by atoms with E-state index in [0.29, 0.717) is 0 Å². The Morgan fingerprint density at radius 2 is 1.61 bits per heavy atom. The number of halogens is 3. The Kier molecular flexibility index (Phi) is 4.71. The van der Waals surface area contributed by atoms with E-state index in [1.54, 1.807) is 0 Å². The van der Waals surface area contributed by atoms with Crippen molar-refractivity contribution in [3.8, 4) is 0 Å². The van der Waals surface area contributed by atoms with E-state index in [1.807, 2.05) is 42.5 Å². The molecule has 1 atom stereocenters. The molecule has 0 aromatic heterocycles. The maximum absolute atomic E-state index is 6.20. The van der Waals surface area contributed by atoms with Crippen LogP contribution in [0.25, 0.3) is 0 Å². The molecule has 0 radical (unpaired) electrons. The molecule has 2 rings (SSSR count). The highest BCUT2D eigenvalue weighted by atomic mass is 79.9. The normalized spacial score (nSPS) is 12.2. The van der Waals surface area contributed by atoms with Gasteiger partial charge in [-0.15, -0.1) is 0 Å². The van der Waals surface area contributed by atoms with Gasteiger partial charge in [-0.3, -0.25) is 0 Å². The molecule has 1 nitrogen and oxygen atoms in total. The molecule has 4 heteroatoms. The predicted octanol–water partition coefficient (Wildman–Crippen LogP) is 6.04. The molecule has 2 aromatic carbocycles. The van der Waals surface area contributed by atoms with Crippen molar-refractivity contribution in [2.24, 2.45) is 0 Å². The fourth-order valence-electron chi connectivity index (χ4n) is 1.76. The Labute approximate surface area is 129 Å². The van der Waals surface area contributed by atoms with Crippen molar-refractivity contribution in [1.82, 2.24) is 0 Å².